The van der Waals surface area contributed by atoms with Crippen LogP contribution in [0.15, 0.2) is 17.1 Å². The van der Waals surface area contributed by atoms with Crippen LogP contribution in [0.4, 0.5) is 18.2 Å². The van der Waals surface area contributed by atoms with Crippen LogP contribution in [0.25, 0.3) is 0 Å². The number of esters is 1. The molecule has 2 aromatic heterocycles. The maximum Gasteiger partial charge on any atom is 0.417 e. The smallest absolute Gasteiger partial charge is 0.417 e. The quantitative estimate of drug-likeness (QED) is 0.673. The number of halogens is 4. The molecule has 162 valence electrons. The maximum atomic E-state index is 13.0. The van der Waals surface area contributed by atoms with Gasteiger partial charge in [-0.05, 0) is 44.2 Å². The molecule has 11 heteroatoms. The molecule has 2 heterocycles. The summed E-state index contributed by atoms with van der Waals surface area (Å²) in [5, 5.41) is 2.19. The first kappa shape index (κ1) is 22.4. The van der Waals surface area contributed by atoms with Crippen LogP contribution in [0.5, 0.6) is 0 Å². The summed E-state index contributed by atoms with van der Waals surface area (Å²) in [6.45, 7) is 1.14. The van der Waals surface area contributed by atoms with Gasteiger partial charge >= 0.3 is 12.1 Å². The number of nitrogens with one attached hydrogen (secondary N) is 1. The number of carbonyl (C=O) groups excluding carboxylic acids is 2. The Morgan fingerprint density at radius 2 is 2.00 bits per heavy atom. The van der Waals surface area contributed by atoms with Crippen LogP contribution in [-0.4, -0.2) is 23.1 Å². The number of carbonyl (C=O) groups is 2. The number of fused-ring (bicyclic) bond motifs is 1. The molecule has 0 unspecified atom stereocenters. The number of anilines is 1. The van der Waals surface area contributed by atoms with E-state index in [9.17, 15) is 27.6 Å². The normalized spacial score (nSPS) is 13.6. The van der Waals surface area contributed by atoms with Crippen LogP contribution in [0.1, 0.15) is 46.1 Å². The summed E-state index contributed by atoms with van der Waals surface area (Å²) in [6.07, 6.45) is -0.870. The number of hydrogen-bond acceptors (Lipinski definition) is 5. The van der Waals surface area contributed by atoms with Gasteiger partial charge in [0.15, 0.2) is 0 Å². The van der Waals surface area contributed by atoms with Gasteiger partial charge in [0, 0.05) is 11.1 Å². The lowest BCUT2D eigenvalue weighted by Gasteiger charge is -2.13. The number of pyridine rings is 1. The van der Waals surface area contributed by atoms with Gasteiger partial charge < -0.3 is 14.6 Å². The molecular formula is C19H18ClF3N2O4S. The number of aryl methyl sites for hydroxylation is 1. The van der Waals surface area contributed by atoms with Crippen LogP contribution in [0.3, 0.4) is 0 Å². The number of nitrogens with zero attached hydrogens (tertiary/aromatic N) is 1. The van der Waals surface area contributed by atoms with Gasteiger partial charge in [0.2, 0.25) is 5.91 Å². The summed E-state index contributed by atoms with van der Waals surface area (Å²) in [6, 6.07) is 0.518. The molecule has 0 aliphatic heterocycles. The van der Waals surface area contributed by atoms with Gasteiger partial charge in [-0.15, -0.1) is 11.3 Å². The van der Waals surface area contributed by atoms with Crippen molar-refractivity contribution < 1.29 is 27.5 Å². The first-order chi connectivity index (χ1) is 14.1. The predicted molar refractivity (Wildman–Crippen MR) is 106 cm³/mol. The van der Waals surface area contributed by atoms with Crippen molar-refractivity contribution in [3.05, 3.63) is 49.2 Å². The van der Waals surface area contributed by atoms with E-state index in [0.29, 0.717) is 23.3 Å². The second kappa shape index (κ2) is 8.81. The van der Waals surface area contributed by atoms with Gasteiger partial charge in [-0.3, -0.25) is 9.59 Å². The zero-order valence-electron chi connectivity index (χ0n) is 15.9. The number of aromatic nitrogens is 1. The number of amides is 1. The van der Waals surface area contributed by atoms with Crippen LogP contribution < -0.4 is 10.9 Å². The van der Waals surface area contributed by atoms with Gasteiger partial charge in [0.05, 0.1) is 17.7 Å². The molecular weight excluding hydrogens is 445 g/mol. The predicted octanol–water partition coefficient (Wildman–Crippen LogP) is 4.28. The highest BCUT2D eigenvalue weighted by atomic mass is 35.5. The lowest BCUT2D eigenvalue weighted by atomic mass is 9.95. The van der Waals surface area contributed by atoms with Gasteiger partial charge in [-0.25, -0.2) is 4.79 Å². The fourth-order valence-electron chi connectivity index (χ4n) is 3.27. The van der Waals surface area contributed by atoms with Crippen molar-refractivity contribution in [1.29, 1.82) is 0 Å². The number of hydrogen-bond donors (Lipinski definition) is 1. The van der Waals surface area contributed by atoms with Crippen molar-refractivity contribution in [2.24, 2.45) is 0 Å². The first-order valence-electron chi connectivity index (χ1n) is 9.20. The van der Waals surface area contributed by atoms with Gasteiger partial charge in [-0.1, -0.05) is 11.6 Å². The number of ether oxygens (including phenoxy) is 1. The second-order valence-corrected chi connectivity index (χ2v) is 8.20. The molecule has 0 radical (unpaired) electrons. The molecule has 1 aliphatic rings. The molecule has 0 spiro atoms. The zero-order chi connectivity index (χ0) is 22.1. The highest BCUT2D eigenvalue weighted by Gasteiger charge is 2.32. The molecule has 0 atom stereocenters. The van der Waals surface area contributed by atoms with Gasteiger partial charge in [0.25, 0.3) is 5.56 Å². The van der Waals surface area contributed by atoms with Crippen molar-refractivity contribution in [1.82, 2.24) is 4.57 Å². The minimum absolute atomic E-state index is 0.162. The SMILES string of the molecule is CCOC(=O)c1c(NC(=O)Cn2cc(C(F)(F)F)cc(Cl)c2=O)sc2c1CCCC2. The molecule has 0 saturated heterocycles. The minimum Gasteiger partial charge on any atom is -0.462 e. The van der Waals surface area contributed by atoms with Crippen LogP contribution in [0, 0.1) is 0 Å². The Hall–Kier alpha value is -2.33. The van der Waals surface area contributed by atoms with Crippen molar-refractivity contribution in [3.63, 3.8) is 0 Å². The highest BCUT2D eigenvalue weighted by molar-refractivity contribution is 7.17. The third kappa shape index (κ3) is 4.70. The zero-order valence-corrected chi connectivity index (χ0v) is 17.5. The first-order valence-corrected chi connectivity index (χ1v) is 10.4. The summed E-state index contributed by atoms with van der Waals surface area (Å²) in [4.78, 5) is 38.0. The van der Waals surface area contributed by atoms with Crippen molar-refractivity contribution in [2.45, 2.75) is 45.3 Å². The Balaban J connectivity index is 1.89. The van der Waals surface area contributed by atoms with Crippen LogP contribution in [-0.2, 0) is 35.1 Å². The minimum atomic E-state index is -4.72. The molecule has 6 nitrogen and oxygen atoms in total. The van der Waals surface area contributed by atoms with E-state index in [1.807, 2.05) is 0 Å². The molecule has 0 fully saturated rings. The van der Waals surface area contributed by atoms with Crippen molar-refractivity contribution >= 4 is 39.8 Å². The standard InChI is InChI=1S/C19H18ClF3N2O4S/c1-2-29-18(28)15-11-5-3-4-6-13(11)30-16(15)24-14(26)9-25-8-10(19(21,22)23)7-12(20)17(25)27/h7-8H,2-6,9H2,1H3,(H,24,26). The van der Waals surface area contributed by atoms with E-state index in [-0.39, 0.29) is 17.2 Å². The van der Waals surface area contributed by atoms with Gasteiger partial charge in [-0.2, -0.15) is 13.2 Å². The fraction of sp³-hybridized carbons (Fsp3) is 0.421. The Bertz CT molecular complexity index is 1050. The highest BCUT2D eigenvalue weighted by Crippen LogP contribution is 2.38. The third-order valence-electron chi connectivity index (χ3n) is 4.59. The number of alkyl halides is 3. The fourth-order valence-corrected chi connectivity index (χ4v) is 4.79. The molecule has 30 heavy (non-hydrogen) atoms. The van der Waals surface area contributed by atoms with E-state index in [4.69, 9.17) is 16.3 Å². The molecule has 0 saturated carbocycles. The van der Waals surface area contributed by atoms with Crippen molar-refractivity contribution in [3.8, 4) is 0 Å². The Kier molecular flexibility index (Phi) is 6.56. The topological polar surface area (TPSA) is 77.4 Å². The van der Waals surface area contributed by atoms with Crippen molar-refractivity contribution in [2.75, 3.05) is 11.9 Å². The summed E-state index contributed by atoms with van der Waals surface area (Å²) < 4.78 is 44.6. The second-order valence-electron chi connectivity index (χ2n) is 6.69. The van der Waals surface area contributed by atoms with E-state index in [0.717, 1.165) is 29.7 Å². The lowest BCUT2D eigenvalue weighted by molar-refractivity contribution is -0.138. The molecule has 0 aromatic carbocycles. The molecule has 2 aromatic rings. The van der Waals surface area contributed by atoms with E-state index < -0.39 is 40.7 Å². The molecule has 1 amide bonds. The molecule has 1 aliphatic carbocycles. The Morgan fingerprint density at radius 1 is 1.30 bits per heavy atom. The van der Waals surface area contributed by atoms with Gasteiger partial charge in [0.1, 0.15) is 16.6 Å². The maximum absolute atomic E-state index is 13.0. The van der Waals surface area contributed by atoms with E-state index in [2.05, 4.69) is 5.32 Å². The average Bonchev–Trinajstić information content (AvgIpc) is 3.02. The third-order valence-corrected chi connectivity index (χ3v) is 6.07. The lowest BCUT2D eigenvalue weighted by Crippen LogP contribution is -2.29. The number of thiophene rings is 1. The monoisotopic (exact) mass is 462 g/mol. The van der Waals surface area contributed by atoms with E-state index >= 15 is 0 Å². The largest absolute Gasteiger partial charge is 0.462 e. The Morgan fingerprint density at radius 3 is 2.67 bits per heavy atom. The average molecular weight is 463 g/mol. The van der Waals surface area contributed by atoms with Crippen LogP contribution in [0.2, 0.25) is 5.02 Å². The molecule has 1 N–H and O–H groups in total. The summed E-state index contributed by atoms with van der Waals surface area (Å²) in [5.41, 5.74) is -0.951. The summed E-state index contributed by atoms with van der Waals surface area (Å²) in [5.74, 6) is -1.32. The molecule has 0 bridgehead atoms. The van der Waals surface area contributed by atoms with E-state index in [1.165, 1.54) is 11.3 Å². The molecule has 3 rings (SSSR count). The number of rotatable bonds is 5. The Labute approximate surface area is 178 Å². The van der Waals surface area contributed by atoms with E-state index in [1.54, 1.807) is 6.92 Å². The van der Waals surface area contributed by atoms with Crippen LogP contribution >= 0.6 is 22.9 Å². The summed E-state index contributed by atoms with van der Waals surface area (Å²) in [7, 11) is 0. The summed E-state index contributed by atoms with van der Waals surface area (Å²) >= 11 is 6.86.